The summed E-state index contributed by atoms with van der Waals surface area (Å²) in [5.74, 6) is -0.513. The van der Waals surface area contributed by atoms with Crippen LogP contribution >= 0.6 is 23.4 Å². The molecule has 11 rings (SSSR count). The molecule has 434 valence electrons. The van der Waals surface area contributed by atoms with Gasteiger partial charge in [0, 0.05) is 104 Å². The maximum atomic E-state index is 14.2. The average Bonchev–Trinajstić information content (AvgIpc) is 2.96. The SMILES string of the molecule is CC1(C)CCC(CN2CCN(c3ccc(C(=O)NS(=O)(=O)c4ccc(NCC5CCCN(CCCSc6cccc7c6CN(C6CCC(=O)NC6=O)C7=O)C5)c([N+](=O)[O-])c4)c(Oc4cnc5[nH]ccc5c4)c3)CC2)=C(c2ccc(Cl)cc2)C1. The fourth-order valence-electron chi connectivity index (χ4n) is 12.1. The zero-order chi connectivity index (χ0) is 58.0. The Bertz CT molecular complexity index is 3640. The number of allylic oxidation sites excluding steroid dienone is 1. The number of aromatic amines is 1. The van der Waals surface area contributed by atoms with Crippen molar-refractivity contribution in [2.75, 3.05) is 74.9 Å². The Hall–Kier alpha value is -7.30. The number of piperidine rings is 2. The van der Waals surface area contributed by atoms with Gasteiger partial charge in [0.05, 0.1) is 21.6 Å². The fourth-order valence-corrected chi connectivity index (χ4v) is 14.3. The van der Waals surface area contributed by atoms with E-state index in [0.29, 0.717) is 49.6 Å². The minimum Gasteiger partial charge on any atom is -0.455 e. The molecule has 1 aliphatic carbocycles. The number of nitrogens with one attached hydrogen (secondary N) is 4. The summed E-state index contributed by atoms with van der Waals surface area (Å²) in [7, 11) is -4.64. The van der Waals surface area contributed by atoms with Crippen LogP contribution in [0.3, 0.4) is 0 Å². The molecule has 2 aromatic heterocycles. The second kappa shape index (κ2) is 24.5. The van der Waals surface area contributed by atoms with Gasteiger partial charge in [0.25, 0.3) is 27.5 Å². The summed E-state index contributed by atoms with van der Waals surface area (Å²) in [5, 5.41) is 19.6. The molecule has 83 heavy (non-hydrogen) atoms. The number of nitro benzene ring substituents is 1. The van der Waals surface area contributed by atoms with Gasteiger partial charge in [-0.15, -0.1) is 11.8 Å². The highest BCUT2D eigenvalue weighted by Crippen LogP contribution is 2.44. The summed E-state index contributed by atoms with van der Waals surface area (Å²) in [6, 6.07) is 25.4. The number of aromatic nitrogens is 2. The number of imide groups is 1. The molecule has 0 saturated carbocycles. The lowest BCUT2D eigenvalue weighted by atomic mass is 9.72. The Balaban J connectivity index is 0.712. The maximum absolute atomic E-state index is 14.2. The zero-order valence-electron chi connectivity index (χ0n) is 46.5. The van der Waals surface area contributed by atoms with Gasteiger partial charge < -0.3 is 29.7 Å². The molecule has 0 spiro atoms. The second-order valence-electron chi connectivity index (χ2n) is 23.0. The lowest BCUT2D eigenvalue weighted by molar-refractivity contribution is -0.384. The number of thioether (sulfide) groups is 1. The van der Waals surface area contributed by atoms with Crippen LogP contribution in [0.5, 0.6) is 11.5 Å². The first kappa shape index (κ1) is 57.5. The third kappa shape index (κ3) is 13.2. The number of rotatable bonds is 19. The van der Waals surface area contributed by atoms with E-state index in [-0.39, 0.29) is 46.6 Å². The summed E-state index contributed by atoms with van der Waals surface area (Å²) >= 11 is 7.95. The van der Waals surface area contributed by atoms with Crippen molar-refractivity contribution in [3.05, 3.63) is 146 Å². The number of sulfonamides is 1. The number of pyridine rings is 1. The van der Waals surface area contributed by atoms with Crippen LogP contribution < -0.4 is 25.0 Å². The van der Waals surface area contributed by atoms with E-state index in [1.807, 2.05) is 30.3 Å². The van der Waals surface area contributed by atoms with Crippen molar-refractivity contribution in [2.45, 2.75) is 87.6 Å². The van der Waals surface area contributed by atoms with Crippen LogP contribution in [0.2, 0.25) is 5.02 Å². The molecule has 4 N–H and O–H groups in total. The van der Waals surface area contributed by atoms with Gasteiger partial charge >= 0.3 is 0 Å². The fraction of sp³-hybridized carbons (Fsp3) is 0.393. The molecule has 3 saturated heterocycles. The third-order valence-electron chi connectivity index (χ3n) is 16.6. The summed E-state index contributed by atoms with van der Waals surface area (Å²) in [6.45, 7) is 11.8. The van der Waals surface area contributed by atoms with E-state index >= 15 is 0 Å². The number of carbonyl (C=O) groups excluding carboxylic acids is 4. The van der Waals surface area contributed by atoms with Gasteiger partial charge in [-0.3, -0.25) is 39.5 Å². The van der Waals surface area contributed by atoms with Gasteiger partial charge in [-0.2, -0.15) is 0 Å². The van der Waals surface area contributed by atoms with Gasteiger partial charge in [-0.1, -0.05) is 49.2 Å². The number of anilines is 2. The number of halogens is 1. The molecule has 5 aliphatic rings. The number of likely N-dealkylation sites (tertiary alicyclic amines) is 1. The van der Waals surface area contributed by atoms with Crippen LogP contribution in [-0.2, 0) is 26.2 Å². The van der Waals surface area contributed by atoms with E-state index < -0.39 is 43.4 Å². The predicted octanol–water partition coefficient (Wildman–Crippen LogP) is 9.89. The van der Waals surface area contributed by atoms with Crippen molar-refractivity contribution in [1.82, 2.24) is 34.7 Å². The quantitative estimate of drug-likeness (QED) is 0.0194. The minimum atomic E-state index is -4.64. The highest BCUT2D eigenvalue weighted by molar-refractivity contribution is 7.99. The van der Waals surface area contributed by atoms with Crippen molar-refractivity contribution in [2.24, 2.45) is 11.3 Å². The Kier molecular flexibility index (Phi) is 17.0. The van der Waals surface area contributed by atoms with Crippen LogP contribution in [0, 0.1) is 21.4 Å². The van der Waals surface area contributed by atoms with Crippen LogP contribution in [0.25, 0.3) is 16.6 Å². The highest BCUT2D eigenvalue weighted by atomic mass is 35.5. The molecule has 0 radical (unpaired) electrons. The summed E-state index contributed by atoms with van der Waals surface area (Å²) in [6.07, 6.45) is 9.66. The lowest BCUT2D eigenvalue weighted by Gasteiger charge is -2.39. The van der Waals surface area contributed by atoms with Crippen LogP contribution in [-0.4, -0.2) is 132 Å². The van der Waals surface area contributed by atoms with Crippen LogP contribution in [0.4, 0.5) is 17.1 Å². The van der Waals surface area contributed by atoms with E-state index in [0.717, 1.165) is 116 Å². The first-order valence-electron chi connectivity index (χ1n) is 28.3. The number of nitro groups is 1. The maximum Gasteiger partial charge on any atom is 0.293 e. The number of piperazine rings is 1. The predicted molar refractivity (Wildman–Crippen MR) is 320 cm³/mol. The molecule has 2 unspecified atom stereocenters. The first-order valence-corrected chi connectivity index (χ1v) is 31.2. The number of nitrogens with zero attached hydrogens (tertiary/aromatic N) is 6. The van der Waals surface area contributed by atoms with E-state index in [1.54, 1.807) is 53.2 Å². The molecule has 2 atom stereocenters. The molecule has 0 bridgehead atoms. The van der Waals surface area contributed by atoms with E-state index in [9.17, 15) is 37.7 Å². The van der Waals surface area contributed by atoms with Crippen LogP contribution in [0.1, 0.15) is 97.1 Å². The highest BCUT2D eigenvalue weighted by Gasteiger charge is 2.40. The topological polar surface area (TPSA) is 233 Å². The molecular formula is C61H67ClN10O9S2. The number of hydrogen-bond donors (Lipinski definition) is 4. The third-order valence-corrected chi connectivity index (χ3v) is 19.4. The summed E-state index contributed by atoms with van der Waals surface area (Å²) < 4.78 is 36.6. The number of hydrogen-bond acceptors (Lipinski definition) is 15. The first-order chi connectivity index (χ1) is 39.9. The molecule has 4 aromatic carbocycles. The second-order valence-corrected chi connectivity index (χ2v) is 26.3. The van der Waals surface area contributed by atoms with Crippen molar-refractivity contribution >= 4 is 90.7 Å². The Labute approximate surface area is 491 Å². The molecule has 6 aromatic rings. The van der Waals surface area contributed by atoms with Crippen LogP contribution in [0.15, 0.2) is 119 Å². The molecule has 19 nitrogen and oxygen atoms in total. The van der Waals surface area contributed by atoms with Gasteiger partial charge in [0.2, 0.25) is 11.8 Å². The van der Waals surface area contributed by atoms with E-state index in [1.165, 1.54) is 35.0 Å². The minimum absolute atomic E-state index is 0.0581. The number of amides is 4. The van der Waals surface area contributed by atoms with Gasteiger partial charge in [0.15, 0.2) is 0 Å². The molecular weight excluding hydrogens is 1120 g/mol. The smallest absolute Gasteiger partial charge is 0.293 e. The standard InChI is InChI=1S/C61H67ClN10O9S2/c1-61(2)21-19-42(49(33-61)40-9-11-43(62)12-10-40)37-69-25-27-70(28-26-69)44-13-15-48(54(31-44)81-45-30-41-20-22-63-57(41)65-35-45)58(74)67-83(79,80)46-14-16-51(53(32-46)72(77)78)64-34-39-6-4-23-68(36-39)24-5-29-82-55-8-3-7-47-50(55)38-71(60(47)76)52-17-18-56(73)66-59(52)75/h3,7-16,20,22,30-32,35,39,52,64H,4-6,17-19,21,23-29,33-34,36-38H2,1-2H3,(H,63,65)(H,67,74)(H,66,73,75). The number of fused-ring (bicyclic) bond motifs is 2. The summed E-state index contributed by atoms with van der Waals surface area (Å²) in [5.41, 5.74) is 6.87. The van der Waals surface area contributed by atoms with Gasteiger partial charge in [0.1, 0.15) is 28.9 Å². The Morgan fingerprint density at radius 3 is 2.57 bits per heavy atom. The molecule has 3 fully saturated rings. The number of benzene rings is 4. The van der Waals surface area contributed by atoms with Crippen molar-refractivity contribution in [3.63, 3.8) is 0 Å². The zero-order valence-corrected chi connectivity index (χ0v) is 48.8. The lowest BCUT2D eigenvalue weighted by Crippen LogP contribution is -2.52. The van der Waals surface area contributed by atoms with Crippen molar-refractivity contribution in [3.8, 4) is 11.5 Å². The largest absolute Gasteiger partial charge is 0.455 e. The van der Waals surface area contributed by atoms with Gasteiger partial charge in [-0.05, 0) is 152 Å². The number of ether oxygens (including phenoxy) is 1. The monoisotopic (exact) mass is 1180 g/mol. The Morgan fingerprint density at radius 1 is 0.952 bits per heavy atom. The van der Waals surface area contributed by atoms with E-state index in [4.69, 9.17) is 16.3 Å². The number of carbonyl (C=O) groups is 4. The van der Waals surface area contributed by atoms with E-state index in [2.05, 4.69) is 66.0 Å². The van der Waals surface area contributed by atoms with Crippen molar-refractivity contribution < 1.29 is 37.3 Å². The number of H-pyrrole nitrogens is 1. The van der Waals surface area contributed by atoms with Gasteiger partial charge in [-0.25, -0.2) is 18.1 Å². The molecule has 4 aliphatic heterocycles. The molecule has 22 heteroatoms. The average molecular weight is 1180 g/mol. The molecule has 4 amide bonds. The molecule has 6 heterocycles. The summed E-state index contributed by atoms with van der Waals surface area (Å²) in [4.78, 5) is 80.4. The Morgan fingerprint density at radius 2 is 1.77 bits per heavy atom. The van der Waals surface area contributed by atoms with Crippen molar-refractivity contribution in [1.29, 1.82) is 0 Å². The normalized spacial score (nSPS) is 19.7.